The van der Waals surface area contributed by atoms with Crippen molar-refractivity contribution in [2.45, 2.75) is 0 Å². The van der Waals surface area contributed by atoms with Gasteiger partial charge in [0.2, 0.25) is 11.7 Å². The van der Waals surface area contributed by atoms with Gasteiger partial charge in [0.15, 0.2) is 23.2 Å². The summed E-state index contributed by atoms with van der Waals surface area (Å²) in [6, 6.07) is 14.8. The van der Waals surface area contributed by atoms with Crippen LogP contribution in [0.5, 0.6) is 28.7 Å². The average molecular weight is 521 g/mol. The lowest BCUT2D eigenvalue weighted by atomic mass is 9.87. The van der Waals surface area contributed by atoms with Gasteiger partial charge in [-0.3, -0.25) is 19.3 Å². The van der Waals surface area contributed by atoms with E-state index in [1.165, 1.54) is 58.5 Å². The van der Waals surface area contributed by atoms with E-state index in [1.807, 2.05) is 0 Å². The van der Waals surface area contributed by atoms with Crippen molar-refractivity contribution in [2.75, 3.05) is 52.4 Å². The van der Waals surface area contributed by atoms with Crippen LogP contribution in [0.2, 0.25) is 0 Å². The zero-order valence-electron chi connectivity index (χ0n) is 21.9. The molecule has 1 aliphatic heterocycles. The first-order valence-corrected chi connectivity index (χ1v) is 11.6. The molecule has 1 atom stereocenters. The van der Waals surface area contributed by atoms with Crippen molar-refractivity contribution >= 4 is 34.7 Å². The Morgan fingerprint density at radius 1 is 0.763 bits per heavy atom. The molecule has 3 aromatic rings. The number of amides is 2. The summed E-state index contributed by atoms with van der Waals surface area (Å²) in [7, 11) is 8.81. The van der Waals surface area contributed by atoms with Crippen LogP contribution < -0.4 is 33.5 Å². The topological polar surface area (TPSA) is 104 Å². The standard InChI is InChI=1S/C28H28N2O8/c1-29(16-7-11-18(34-2)12-8-16)27(32)22-24(31)20-15-21(36-4)25(37-5)26(38-6)23(20)30(28(22)33)17-9-13-19(35-3)14-10-17/h7-15,22H,1-6H3. The van der Waals surface area contributed by atoms with E-state index in [2.05, 4.69) is 0 Å². The van der Waals surface area contributed by atoms with Crippen LogP contribution in [0.1, 0.15) is 10.4 Å². The van der Waals surface area contributed by atoms with E-state index in [0.29, 0.717) is 22.9 Å². The molecule has 1 aliphatic rings. The molecule has 0 aliphatic carbocycles. The zero-order chi connectivity index (χ0) is 27.6. The molecule has 0 N–H and O–H groups in total. The minimum absolute atomic E-state index is 0.0800. The lowest BCUT2D eigenvalue weighted by Crippen LogP contribution is -2.50. The molecule has 0 bridgehead atoms. The number of ketones is 1. The maximum absolute atomic E-state index is 14.0. The number of carbonyl (C=O) groups is 3. The SMILES string of the molecule is COc1ccc(N(C)C(=O)C2C(=O)c3cc(OC)c(OC)c(OC)c3N(c3ccc(OC)cc3)C2=O)cc1. The van der Waals surface area contributed by atoms with Gasteiger partial charge in [0.05, 0.1) is 41.1 Å². The summed E-state index contributed by atoms with van der Waals surface area (Å²) in [6.45, 7) is 0. The number of rotatable bonds is 8. The number of nitrogens with zero attached hydrogens (tertiary/aromatic N) is 2. The number of hydrogen-bond acceptors (Lipinski definition) is 8. The van der Waals surface area contributed by atoms with Crippen molar-refractivity contribution in [2.24, 2.45) is 5.92 Å². The molecule has 0 saturated carbocycles. The highest BCUT2D eigenvalue weighted by Crippen LogP contribution is 2.51. The van der Waals surface area contributed by atoms with Crippen molar-refractivity contribution in [3.8, 4) is 28.7 Å². The maximum Gasteiger partial charge on any atom is 0.252 e. The normalized spacial score (nSPS) is 14.5. The summed E-state index contributed by atoms with van der Waals surface area (Å²) in [5.41, 5.74) is 1.13. The van der Waals surface area contributed by atoms with Gasteiger partial charge < -0.3 is 28.6 Å². The second-order valence-electron chi connectivity index (χ2n) is 8.31. The van der Waals surface area contributed by atoms with Gasteiger partial charge in [0, 0.05) is 18.4 Å². The Labute approximate surface area is 220 Å². The van der Waals surface area contributed by atoms with Gasteiger partial charge >= 0.3 is 0 Å². The highest BCUT2D eigenvalue weighted by atomic mass is 16.5. The summed E-state index contributed by atoms with van der Waals surface area (Å²) in [6.07, 6.45) is 0. The van der Waals surface area contributed by atoms with Gasteiger partial charge in [-0.05, 0) is 54.6 Å². The fourth-order valence-electron chi connectivity index (χ4n) is 4.39. The number of fused-ring (bicyclic) bond motifs is 1. The number of anilines is 3. The first kappa shape index (κ1) is 26.3. The fourth-order valence-corrected chi connectivity index (χ4v) is 4.39. The molecule has 4 rings (SSSR count). The zero-order valence-corrected chi connectivity index (χ0v) is 21.9. The summed E-state index contributed by atoms with van der Waals surface area (Å²) >= 11 is 0. The van der Waals surface area contributed by atoms with E-state index in [4.69, 9.17) is 23.7 Å². The van der Waals surface area contributed by atoms with Crippen LogP contribution in [-0.4, -0.2) is 60.2 Å². The molecule has 10 heteroatoms. The summed E-state index contributed by atoms with van der Waals surface area (Å²) in [5.74, 6) is -2.05. The van der Waals surface area contributed by atoms with E-state index in [0.717, 1.165) is 0 Å². The number of Topliss-reactive ketones (excluding diaryl/α,β-unsaturated/α-hetero) is 1. The molecular formula is C28H28N2O8. The molecule has 0 radical (unpaired) electrons. The van der Waals surface area contributed by atoms with Crippen LogP contribution >= 0.6 is 0 Å². The Kier molecular flexibility index (Phi) is 7.43. The molecule has 38 heavy (non-hydrogen) atoms. The third kappa shape index (κ3) is 4.34. The van der Waals surface area contributed by atoms with Crippen molar-refractivity contribution in [3.63, 3.8) is 0 Å². The van der Waals surface area contributed by atoms with Gasteiger partial charge in [-0.25, -0.2) is 0 Å². The molecule has 2 amide bonds. The highest BCUT2D eigenvalue weighted by molar-refractivity contribution is 6.35. The molecule has 0 spiro atoms. The van der Waals surface area contributed by atoms with E-state index in [-0.39, 0.29) is 28.5 Å². The first-order valence-electron chi connectivity index (χ1n) is 11.6. The van der Waals surface area contributed by atoms with Gasteiger partial charge in [-0.2, -0.15) is 0 Å². The molecule has 1 heterocycles. The number of ether oxygens (including phenoxy) is 5. The third-order valence-electron chi connectivity index (χ3n) is 6.39. The first-order chi connectivity index (χ1) is 18.3. The van der Waals surface area contributed by atoms with Gasteiger partial charge in [-0.15, -0.1) is 0 Å². The molecule has 3 aromatic carbocycles. The van der Waals surface area contributed by atoms with Crippen molar-refractivity contribution in [1.82, 2.24) is 0 Å². The van der Waals surface area contributed by atoms with E-state index < -0.39 is 23.5 Å². The van der Waals surface area contributed by atoms with Crippen LogP contribution in [0.3, 0.4) is 0 Å². The third-order valence-corrected chi connectivity index (χ3v) is 6.39. The molecule has 10 nitrogen and oxygen atoms in total. The smallest absolute Gasteiger partial charge is 0.252 e. The Morgan fingerprint density at radius 3 is 1.82 bits per heavy atom. The lowest BCUT2D eigenvalue weighted by molar-refractivity contribution is -0.129. The summed E-state index contributed by atoms with van der Waals surface area (Å²) in [4.78, 5) is 44.1. The van der Waals surface area contributed by atoms with Crippen LogP contribution in [0.15, 0.2) is 54.6 Å². The van der Waals surface area contributed by atoms with Gasteiger partial charge in [-0.1, -0.05) is 0 Å². The van der Waals surface area contributed by atoms with Crippen LogP contribution in [0.25, 0.3) is 0 Å². The number of carbonyl (C=O) groups excluding carboxylic acids is 3. The molecular weight excluding hydrogens is 492 g/mol. The molecule has 1 unspecified atom stereocenters. The lowest BCUT2D eigenvalue weighted by Gasteiger charge is -2.35. The fraction of sp³-hybridized carbons (Fsp3) is 0.250. The number of methoxy groups -OCH3 is 5. The number of benzene rings is 3. The van der Waals surface area contributed by atoms with Gasteiger partial charge in [0.25, 0.3) is 5.91 Å². The molecule has 0 saturated heterocycles. The Morgan fingerprint density at radius 2 is 1.32 bits per heavy atom. The number of hydrogen-bond donors (Lipinski definition) is 0. The van der Waals surface area contributed by atoms with E-state index >= 15 is 0 Å². The van der Waals surface area contributed by atoms with Crippen molar-refractivity contribution in [1.29, 1.82) is 0 Å². The van der Waals surface area contributed by atoms with Crippen molar-refractivity contribution < 1.29 is 38.1 Å². The minimum atomic E-state index is -1.65. The van der Waals surface area contributed by atoms with E-state index in [1.54, 1.807) is 48.5 Å². The average Bonchev–Trinajstić information content (AvgIpc) is 2.96. The Bertz CT molecular complexity index is 1370. The predicted octanol–water partition coefficient (Wildman–Crippen LogP) is 3.87. The van der Waals surface area contributed by atoms with Crippen LogP contribution in [0, 0.1) is 5.92 Å². The predicted molar refractivity (Wildman–Crippen MR) is 140 cm³/mol. The van der Waals surface area contributed by atoms with Crippen LogP contribution in [-0.2, 0) is 9.59 Å². The molecule has 198 valence electrons. The Balaban J connectivity index is 1.90. The van der Waals surface area contributed by atoms with E-state index in [9.17, 15) is 14.4 Å². The second kappa shape index (κ2) is 10.7. The largest absolute Gasteiger partial charge is 0.497 e. The molecule has 0 fully saturated rings. The highest BCUT2D eigenvalue weighted by Gasteiger charge is 2.48. The summed E-state index contributed by atoms with van der Waals surface area (Å²) in [5, 5.41) is 0. The minimum Gasteiger partial charge on any atom is -0.497 e. The van der Waals surface area contributed by atoms with Crippen molar-refractivity contribution in [3.05, 3.63) is 60.2 Å². The quantitative estimate of drug-likeness (QED) is 0.413. The summed E-state index contributed by atoms with van der Waals surface area (Å²) < 4.78 is 27.0. The molecule has 0 aromatic heterocycles. The van der Waals surface area contributed by atoms with Crippen LogP contribution in [0.4, 0.5) is 17.1 Å². The monoisotopic (exact) mass is 520 g/mol. The van der Waals surface area contributed by atoms with Gasteiger partial charge in [0.1, 0.15) is 17.2 Å². The Hall–Kier alpha value is -4.73. The maximum atomic E-state index is 14.0. The second-order valence-corrected chi connectivity index (χ2v) is 8.31.